The normalized spacial score (nSPS) is 18.5. The fourth-order valence-corrected chi connectivity index (χ4v) is 2.25. The molecule has 6 heteroatoms. The molecule has 1 saturated heterocycles. The molecule has 112 valence electrons. The molecule has 0 aliphatic carbocycles. The standard InChI is InChI=1S/C15H18N2O4/c1-9(2)10-3-5-11(6-4-10)14(19)17-8-13(18)16-7-12(17)15(20)21/h3-6,9,12H,7-8H2,1-2H3,(H,16,18)(H,20,21). The van der Waals surface area contributed by atoms with E-state index in [4.69, 9.17) is 5.11 Å². The predicted molar refractivity (Wildman–Crippen MR) is 76.0 cm³/mol. The van der Waals surface area contributed by atoms with E-state index in [1.54, 1.807) is 12.1 Å². The van der Waals surface area contributed by atoms with Gasteiger partial charge in [-0.1, -0.05) is 26.0 Å². The Morgan fingerprint density at radius 1 is 1.29 bits per heavy atom. The monoisotopic (exact) mass is 290 g/mol. The molecule has 1 heterocycles. The van der Waals surface area contributed by atoms with Gasteiger partial charge in [-0.05, 0) is 23.6 Å². The second-order valence-corrected chi connectivity index (χ2v) is 5.37. The van der Waals surface area contributed by atoms with Crippen molar-refractivity contribution < 1.29 is 19.5 Å². The average Bonchev–Trinajstić information content (AvgIpc) is 2.46. The molecule has 0 saturated carbocycles. The van der Waals surface area contributed by atoms with Crippen LogP contribution in [0.25, 0.3) is 0 Å². The average molecular weight is 290 g/mol. The molecule has 1 aromatic rings. The molecule has 1 fully saturated rings. The SMILES string of the molecule is CC(C)c1ccc(C(=O)N2CC(=O)NCC2C(=O)O)cc1. The highest BCUT2D eigenvalue weighted by Gasteiger charge is 2.35. The van der Waals surface area contributed by atoms with Crippen LogP contribution in [-0.2, 0) is 9.59 Å². The van der Waals surface area contributed by atoms with E-state index in [1.165, 1.54) is 0 Å². The summed E-state index contributed by atoms with van der Waals surface area (Å²) in [6, 6.07) is 6.00. The number of aliphatic carboxylic acids is 1. The van der Waals surface area contributed by atoms with Gasteiger partial charge in [-0.3, -0.25) is 9.59 Å². The maximum atomic E-state index is 12.4. The summed E-state index contributed by atoms with van der Waals surface area (Å²) in [5.74, 6) is -1.56. The van der Waals surface area contributed by atoms with Gasteiger partial charge in [0.25, 0.3) is 5.91 Å². The Kier molecular flexibility index (Phi) is 4.26. The Labute approximate surface area is 122 Å². The van der Waals surface area contributed by atoms with Crippen LogP contribution in [0.1, 0.15) is 35.7 Å². The lowest BCUT2D eigenvalue weighted by Gasteiger charge is -2.32. The second-order valence-electron chi connectivity index (χ2n) is 5.37. The van der Waals surface area contributed by atoms with Crippen LogP contribution in [0.15, 0.2) is 24.3 Å². The highest BCUT2D eigenvalue weighted by atomic mass is 16.4. The van der Waals surface area contributed by atoms with Gasteiger partial charge >= 0.3 is 5.97 Å². The summed E-state index contributed by atoms with van der Waals surface area (Å²) in [4.78, 5) is 36.2. The number of rotatable bonds is 3. The van der Waals surface area contributed by atoms with E-state index < -0.39 is 17.9 Å². The topological polar surface area (TPSA) is 86.7 Å². The van der Waals surface area contributed by atoms with Crippen molar-refractivity contribution in [2.24, 2.45) is 0 Å². The van der Waals surface area contributed by atoms with Crippen molar-refractivity contribution in [2.45, 2.75) is 25.8 Å². The number of nitrogens with zero attached hydrogens (tertiary/aromatic N) is 1. The van der Waals surface area contributed by atoms with Gasteiger partial charge in [0.15, 0.2) is 0 Å². The van der Waals surface area contributed by atoms with Crippen LogP contribution >= 0.6 is 0 Å². The molecule has 0 aromatic heterocycles. The van der Waals surface area contributed by atoms with Crippen LogP contribution in [0.3, 0.4) is 0 Å². The van der Waals surface area contributed by atoms with Gasteiger partial charge in [-0.2, -0.15) is 0 Å². The summed E-state index contributed by atoms with van der Waals surface area (Å²) in [6.07, 6.45) is 0. The lowest BCUT2D eigenvalue weighted by atomic mass is 10.0. The highest BCUT2D eigenvalue weighted by molar-refractivity contribution is 5.99. The number of hydrogen-bond acceptors (Lipinski definition) is 3. The molecule has 1 aliphatic heterocycles. The lowest BCUT2D eigenvalue weighted by molar-refractivity contribution is -0.144. The van der Waals surface area contributed by atoms with Gasteiger partial charge in [-0.25, -0.2) is 4.79 Å². The Morgan fingerprint density at radius 3 is 2.43 bits per heavy atom. The summed E-state index contributed by atoms with van der Waals surface area (Å²) < 4.78 is 0. The number of benzene rings is 1. The Hall–Kier alpha value is -2.37. The number of piperazine rings is 1. The number of carbonyl (C=O) groups is 3. The molecule has 1 unspecified atom stereocenters. The molecule has 2 rings (SSSR count). The smallest absolute Gasteiger partial charge is 0.328 e. The molecule has 0 radical (unpaired) electrons. The van der Waals surface area contributed by atoms with E-state index in [-0.39, 0.29) is 19.0 Å². The molecule has 0 bridgehead atoms. The third-order valence-corrected chi connectivity index (χ3v) is 3.55. The van der Waals surface area contributed by atoms with Gasteiger partial charge in [0.05, 0.1) is 0 Å². The van der Waals surface area contributed by atoms with Gasteiger partial charge in [0, 0.05) is 12.1 Å². The lowest BCUT2D eigenvalue weighted by Crippen LogP contribution is -2.59. The Bertz CT molecular complexity index is 566. The zero-order chi connectivity index (χ0) is 15.6. The summed E-state index contributed by atoms with van der Waals surface area (Å²) >= 11 is 0. The first-order valence-electron chi connectivity index (χ1n) is 6.80. The van der Waals surface area contributed by atoms with Crippen molar-refractivity contribution in [1.82, 2.24) is 10.2 Å². The van der Waals surface area contributed by atoms with Gasteiger partial charge in [-0.15, -0.1) is 0 Å². The predicted octanol–water partition coefficient (Wildman–Crippen LogP) is 0.835. The number of carboxylic acid groups (broad SMARTS) is 1. The fourth-order valence-electron chi connectivity index (χ4n) is 2.25. The van der Waals surface area contributed by atoms with Crippen molar-refractivity contribution in [3.8, 4) is 0 Å². The quantitative estimate of drug-likeness (QED) is 0.863. The number of hydrogen-bond donors (Lipinski definition) is 2. The molecule has 21 heavy (non-hydrogen) atoms. The summed E-state index contributed by atoms with van der Waals surface area (Å²) in [5.41, 5.74) is 1.48. The number of nitrogens with one attached hydrogen (secondary N) is 1. The highest BCUT2D eigenvalue weighted by Crippen LogP contribution is 2.17. The first kappa shape index (κ1) is 15.0. The largest absolute Gasteiger partial charge is 0.480 e. The van der Waals surface area contributed by atoms with E-state index in [0.717, 1.165) is 10.5 Å². The first-order chi connectivity index (χ1) is 9.90. The van der Waals surface area contributed by atoms with Gasteiger partial charge in [0.2, 0.25) is 5.91 Å². The number of amides is 2. The maximum Gasteiger partial charge on any atom is 0.328 e. The summed E-state index contributed by atoms with van der Waals surface area (Å²) in [6.45, 7) is 3.80. The minimum Gasteiger partial charge on any atom is -0.480 e. The van der Waals surface area contributed by atoms with Crippen molar-refractivity contribution in [3.05, 3.63) is 35.4 Å². The van der Waals surface area contributed by atoms with Crippen LogP contribution in [0.2, 0.25) is 0 Å². The molecule has 1 aromatic carbocycles. The van der Waals surface area contributed by atoms with Crippen molar-refractivity contribution >= 4 is 17.8 Å². The van der Waals surface area contributed by atoms with Crippen molar-refractivity contribution in [1.29, 1.82) is 0 Å². The molecule has 1 atom stereocenters. The Morgan fingerprint density at radius 2 is 1.90 bits per heavy atom. The van der Waals surface area contributed by atoms with Crippen molar-refractivity contribution in [2.75, 3.05) is 13.1 Å². The third-order valence-electron chi connectivity index (χ3n) is 3.55. The minimum absolute atomic E-state index is 0.0655. The van der Waals surface area contributed by atoms with E-state index >= 15 is 0 Å². The fraction of sp³-hybridized carbons (Fsp3) is 0.400. The maximum absolute atomic E-state index is 12.4. The van der Waals surface area contributed by atoms with E-state index in [9.17, 15) is 14.4 Å². The van der Waals surface area contributed by atoms with Crippen LogP contribution < -0.4 is 5.32 Å². The minimum atomic E-state index is -1.12. The summed E-state index contributed by atoms with van der Waals surface area (Å²) in [5, 5.41) is 11.6. The second kappa shape index (κ2) is 5.95. The zero-order valence-corrected chi connectivity index (χ0v) is 12.0. The molecule has 1 aliphatic rings. The van der Waals surface area contributed by atoms with Crippen LogP contribution in [0.5, 0.6) is 0 Å². The molecular formula is C15H18N2O4. The van der Waals surface area contributed by atoms with Crippen LogP contribution in [-0.4, -0.2) is 46.9 Å². The molecule has 2 amide bonds. The molecule has 0 spiro atoms. The first-order valence-corrected chi connectivity index (χ1v) is 6.80. The van der Waals surface area contributed by atoms with Crippen LogP contribution in [0.4, 0.5) is 0 Å². The number of carbonyl (C=O) groups excluding carboxylic acids is 2. The molecule has 6 nitrogen and oxygen atoms in total. The summed E-state index contributed by atoms with van der Waals surface area (Å²) in [7, 11) is 0. The van der Waals surface area contributed by atoms with E-state index in [2.05, 4.69) is 5.32 Å². The zero-order valence-electron chi connectivity index (χ0n) is 12.0. The molecule has 2 N–H and O–H groups in total. The Balaban J connectivity index is 2.23. The van der Waals surface area contributed by atoms with Crippen LogP contribution in [0, 0.1) is 0 Å². The van der Waals surface area contributed by atoms with E-state index in [0.29, 0.717) is 11.5 Å². The van der Waals surface area contributed by atoms with Gasteiger partial charge < -0.3 is 15.3 Å². The molecular weight excluding hydrogens is 272 g/mol. The van der Waals surface area contributed by atoms with E-state index in [1.807, 2.05) is 26.0 Å². The number of carboxylic acids is 1. The van der Waals surface area contributed by atoms with Gasteiger partial charge in [0.1, 0.15) is 12.6 Å². The van der Waals surface area contributed by atoms with Crippen molar-refractivity contribution in [3.63, 3.8) is 0 Å². The third kappa shape index (κ3) is 3.21.